The molecule has 128 valence electrons. The Morgan fingerprint density at radius 3 is 2.83 bits per heavy atom. The van der Waals surface area contributed by atoms with Gasteiger partial charge in [-0.2, -0.15) is 24.9 Å². The average Bonchev–Trinajstić information content (AvgIpc) is 2.94. The van der Waals surface area contributed by atoms with Crippen LogP contribution in [0.2, 0.25) is 0 Å². The molecule has 3 atom stereocenters. The molecule has 0 saturated carbocycles. The van der Waals surface area contributed by atoms with Crippen molar-refractivity contribution in [3.05, 3.63) is 30.1 Å². The first-order valence-electron chi connectivity index (χ1n) is 7.90. The molecule has 3 nitrogen and oxygen atoms in total. The quantitative estimate of drug-likeness (QED) is 0.908. The lowest BCUT2D eigenvalue weighted by Crippen LogP contribution is -2.54. The van der Waals surface area contributed by atoms with Crippen LogP contribution in [0, 0.1) is 0 Å². The molecule has 0 aliphatic carbocycles. The number of ether oxygens (including phenoxy) is 1. The molecule has 23 heavy (non-hydrogen) atoms. The second-order valence-corrected chi connectivity index (χ2v) is 7.45. The fourth-order valence-corrected chi connectivity index (χ4v) is 4.72. The molecule has 7 heteroatoms. The molecule has 1 N–H and O–H groups in total. The fourth-order valence-electron chi connectivity index (χ4n) is 3.34. The highest BCUT2D eigenvalue weighted by atomic mass is 32.2. The van der Waals surface area contributed by atoms with Crippen molar-refractivity contribution in [1.82, 2.24) is 10.3 Å². The molecule has 0 amide bonds. The van der Waals surface area contributed by atoms with E-state index < -0.39 is 12.2 Å². The van der Waals surface area contributed by atoms with E-state index in [1.54, 1.807) is 12.1 Å². The Hall–Kier alpha value is -0.790. The van der Waals surface area contributed by atoms with Gasteiger partial charge in [0.25, 0.3) is 0 Å². The third-order valence-corrected chi connectivity index (χ3v) is 5.80. The zero-order chi connectivity index (χ0) is 16.3. The lowest BCUT2D eigenvalue weighted by Gasteiger charge is -2.39. The van der Waals surface area contributed by atoms with Gasteiger partial charge in [0.2, 0.25) is 0 Å². The van der Waals surface area contributed by atoms with Gasteiger partial charge in [-0.25, -0.2) is 0 Å². The van der Waals surface area contributed by atoms with Crippen LogP contribution in [0.1, 0.15) is 24.8 Å². The maximum atomic E-state index is 13.4. The molecule has 2 aliphatic heterocycles. The normalized spacial score (nSPS) is 29.8. The smallest absolute Gasteiger partial charge is 0.374 e. The van der Waals surface area contributed by atoms with Crippen LogP contribution in [0.5, 0.6) is 0 Å². The summed E-state index contributed by atoms with van der Waals surface area (Å²) in [5, 5.41) is 2.86. The van der Waals surface area contributed by atoms with Gasteiger partial charge in [-0.1, -0.05) is 0 Å². The standard InChI is InChI=1S/C16H21F3N2OS/c17-16(18,19)14(9-12-1-5-20-6-2-12)21-13-3-7-22-15(10-13)4-8-23-11-15/h1-2,5-6,13-14,21H,3-4,7-11H2/t13-,14+,15+/m1/s1. The summed E-state index contributed by atoms with van der Waals surface area (Å²) >= 11 is 1.83. The van der Waals surface area contributed by atoms with Gasteiger partial charge in [0, 0.05) is 30.8 Å². The van der Waals surface area contributed by atoms with Gasteiger partial charge in [-0.15, -0.1) is 0 Å². The topological polar surface area (TPSA) is 34.2 Å². The van der Waals surface area contributed by atoms with Crippen molar-refractivity contribution in [2.24, 2.45) is 0 Å². The number of alkyl halides is 3. The van der Waals surface area contributed by atoms with Gasteiger partial charge < -0.3 is 10.1 Å². The molecule has 0 radical (unpaired) electrons. The minimum Gasteiger partial charge on any atom is -0.374 e. The summed E-state index contributed by atoms with van der Waals surface area (Å²) in [4.78, 5) is 3.86. The van der Waals surface area contributed by atoms with Gasteiger partial charge in [0.05, 0.1) is 5.60 Å². The van der Waals surface area contributed by atoms with Crippen molar-refractivity contribution in [3.8, 4) is 0 Å². The van der Waals surface area contributed by atoms with Gasteiger partial charge in [-0.3, -0.25) is 4.98 Å². The van der Waals surface area contributed by atoms with Crippen molar-refractivity contribution < 1.29 is 17.9 Å². The molecular weight excluding hydrogens is 325 g/mol. The Labute approximate surface area is 138 Å². The summed E-state index contributed by atoms with van der Waals surface area (Å²) in [6.45, 7) is 0.540. The van der Waals surface area contributed by atoms with Crippen LogP contribution in [0.3, 0.4) is 0 Å². The predicted molar refractivity (Wildman–Crippen MR) is 84.6 cm³/mol. The van der Waals surface area contributed by atoms with E-state index in [4.69, 9.17) is 4.74 Å². The monoisotopic (exact) mass is 346 g/mol. The van der Waals surface area contributed by atoms with Gasteiger partial charge in [0.1, 0.15) is 6.04 Å². The Morgan fingerprint density at radius 1 is 1.39 bits per heavy atom. The van der Waals surface area contributed by atoms with E-state index in [1.807, 2.05) is 11.8 Å². The predicted octanol–water partition coefficient (Wildman–Crippen LogP) is 3.20. The first kappa shape index (κ1) is 17.0. The molecule has 2 aliphatic rings. The summed E-state index contributed by atoms with van der Waals surface area (Å²) in [6, 6.07) is 1.61. The van der Waals surface area contributed by atoms with Crippen LogP contribution < -0.4 is 5.32 Å². The Kier molecular flexibility index (Phi) is 5.18. The van der Waals surface area contributed by atoms with E-state index >= 15 is 0 Å². The average molecular weight is 346 g/mol. The lowest BCUT2D eigenvalue weighted by atomic mass is 9.89. The number of nitrogens with zero attached hydrogens (tertiary/aromatic N) is 1. The Morgan fingerprint density at radius 2 is 2.17 bits per heavy atom. The number of pyridine rings is 1. The van der Waals surface area contributed by atoms with Crippen molar-refractivity contribution in [3.63, 3.8) is 0 Å². The zero-order valence-corrected chi connectivity index (χ0v) is 13.6. The van der Waals surface area contributed by atoms with E-state index in [-0.39, 0.29) is 18.1 Å². The molecule has 1 aromatic heterocycles. The molecule has 0 unspecified atom stereocenters. The van der Waals surface area contributed by atoms with Gasteiger partial charge in [0.15, 0.2) is 0 Å². The first-order valence-corrected chi connectivity index (χ1v) is 9.06. The van der Waals surface area contributed by atoms with Crippen molar-refractivity contribution in [1.29, 1.82) is 0 Å². The molecule has 3 rings (SSSR count). The highest BCUT2D eigenvalue weighted by molar-refractivity contribution is 7.99. The first-order chi connectivity index (χ1) is 11.0. The summed E-state index contributed by atoms with van der Waals surface area (Å²) in [6.07, 6.45) is 0.976. The Balaban J connectivity index is 1.66. The van der Waals surface area contributed by atoms with E-state index in [1.165, 1.54) is 12.4 Å². The number of thioether (sulfide) groups is 1. The largest absolute Gasteiger partial charge is 0.404 e. The second-order valence-electron chi connectivity index (χ2n) is 6.34. The second kappa shape index (κ2) is 6.99. The fraction of sp³-hybridized carbons (Fsp3) is 0.688. The van der Waals surface area contributed by atoms with Crippen molar-refractivity contribution >= 4 is 11.8 Å². The molecule has 2 fully saturated rings. The number of aromatic nitrogens is 1. The van der Waals surface area contributed by atoms with Crippen LogP contribution in [0.25, 0.3) is 0 Å². The van der Waals surface area contributed by atoms with E-state index in [2.05, 4.69) is 10.3 Å². The van der Waals surface area contributed by atoms with Crippen molar-refractivity contribution in [2.45, 2.75) is 49.5 Å². The number of hydrogen-bond acceptors (Lipinski definition) is 4. The van der Waals surface area contributed by atoms with Crippen LogP contribution in [-0.4, -0.2) is 47.0 Å². The number of rotatable bonds is 4. The lowest BCUT2D eigenvalue weighted by molar-refractivity contribution is -0.162. The van der Waals surface area contributed by atoms with Gasteiger partial charge in [-0.05, 0) is 49.1 Å². The minimum atomic E-state index is -4.26. The van der Waals surface area contributed by atoms with Crippen LogP contribution >= 0.6 is 11.8 Å². The minimum absolute atomic E-state index is 0.0644. The van der Waals surface area contributed by atoms with E-state index in [9.17, 15) is 13.2 Å². The number of nitrogens with one attached hydrogen (secondary N) is 1. The van der Waals surface area contributed by atoms with Crippen LogP contribution in [0.15, 0.2) is 24.5 Å². The van der Waals surface area contributed by atoms with E-state index in [0.717, 1.165) is 17.9 Å². The van der Waals surface area contributed by atoms with Crippen LogP contribution in [-0.2, 0) is 11.2 Å². The third-order valence-electron chi connectivity index (χ3n) is 4.58. The molecule has 2 saturated heterocycles. The van der Waals surface area contributed by atoms with Gasteiger partial charge >= 0.3 is 6.18 Å². The summed E-state index contributed by atoms with van der Waals surface area (Å²) < 4.78 is 46.1. The SMILES string of the molecule is FC(F)(F)[C@H](Cc1ccncc1)N[C@@H]1CCO[C@@]2(CCSC2)C1. The molecule has 1 spiro atoms. The summed E-state index contributed by atoms with van der Waals surface area (Å²) in [5.74, 6) is 1.93. The van der Waals surface area contributed by atoms with Crippen molar-refractivity contribution in [2.75, 3.05) is 18.1 Å². The highest BCUT2D eigenvalue weighted by Crippen LogP contribution is 2.38. The number of halogens is 3. The number of hydrogen-bond donors (Lipinski definition) is 1. The molecule has 0 aromatic carbocycles. The summed E-state index contributed by atoms with van der Waals surface area (Å²) in [5.41, 5.74) is 0.431. The zero-order valence-electron chi connectivity index (χ0n) is 12.8. The summed E-state index contributed by atoms with van der Waals surface area (Å²) in [7, 11) is 0. The maximum Gasteiger partial charge on any atom is 0.404 e. The van der Waals surface area contributed by atoms with E-state index in [0.29, 0.717) is 25.0 Å². The highest BCUT2D eigenvalue weighted by Gasteiger charge is 2.45. The molecular formula is C16H21F3N2OS. The Bertz CT molecular complexity index is 506. The third kappa shape index (κ3) is 4.39. The molecule has 0 bridgehead atoms. The molecule has 3 heterocycles. The maximum absolute atomic E-state index is 13.4. The molecule has 1 aromatic rings. The van der Waals surface area contributed by atoms with Crippen LogP contribution in [0.4, 0.5) is 13.2 Å².